The molecule has 0 bridgehead atoms. The van der Waals surface area contributed by atoms with Crippen LogP contribution >= 0.6 is 0 Å². The van der Waals surface area contributed by atoms with E-state index in [4.69, 9.17) is 10.4 Å². The summed E-state index contributed by atoms with van der Waals surface area (Å²) < 4.78 is 1.82. The van der Waals surface area contributed by atoms with Gasteiger partial charge in [-0.05, 0) is 20.4 Å². The van der Waals surface area contributed by atoms with E-state index in [0.717, 1.165) is 30.0 Å². The highest BCUT2D eigenvalue weighted by atomic mass is 16.3. The minimum absolute atomic E-state index is 0.0943. The molecular weight excluding hydrogens is 216 g/mol. The Hall–Kier alpha value is -1.38. The molecule has 0 aliphatic carbocycles. The van der Waals surface area contributed by atoms with Gasteiger partial charge in [0.05, 0.1) is 31.5 Å². The number of aliphatic hydroxyl groups is 1. The Balaban J connectivity index is 2.86. The smallest absolute Gasteiger partial charge is 0.0868 e. The van der Waals surface area contributed by atoms with Crippen molar-refractivity contribution in [1.29, 1.82) is 5.26 Å². The van der Waals surface area contributed by atoms with Gasteiger partial charge in [0.2, 0.25) is 0 Å². The number of aliphatic hydroxyl groups excluding tert-OH is 1. The Morgan fingerprint density at radius 3 is 2.71 bits per heavy atom. The number of nitrogens with zero attached hydrogens (tertiary/aromatic N) is 4. The van der Waals surface area contributed by atoms with E-state index in [1.165, 1.54) is 0 Å². The van der Waals surface area contributed by atoms with Crippen molar-refractivity contribution >= 4 is 0 Å². The third kappa shape index (κ3) is 3.29. The first-order chi connectivity index (χ1) is 8.13. The molecule has 5 nitrogen and oxygen atoms in total. The summed E-state index contributed by atoms with van der Waals surface area (Å²) in [5.41, 5.74) is 3.22. The van der Waals surface area contributed by atoms with E-state index in [9.17, 15) is 0 Å². The molecule has 0 radical (unpaired) electrons. The largest absolute Gasteiger partial charge is 0.394 e. The molecule has 1 rings (SSSR count). The van der Waals surface area contributed by atoms with Crippen LogP contribution in [0.1, 0.15) is 23.9 Å². The highest BCUT2D eigenvalue weighted by molar-refractivity contribution is 5.24. The predicted molar refractivity (Wildman–Crippen MR) is 65.4 cm³/mol. The van der Waals surface area contributed by atoms with Crippen LogP contribution < -0.4 is 0 Å². The van der Waals surface area contributed by atoms with E-state index in [-0.39, 0.29) is 6.61 Å². The van der Waals surface area contributed by atoms with Crippen LogP contribution in [-0.4, -0.2) is 39.5 Å². The first-order valence-electron chi connectivity index (χ1n) is 5.87. The Morgan fingerprint density at radius 1 is 1.47 bits per heavy atom. The van der Waals surface area contributed by atoms with E-state index in [1.54, 1.807) is 0 Å². The molecule has 5 heteroatoms. The lowest BCUT2D eigenvalue weighted by atomic mass is 10.2. The molecule has 0 aromatic carbocycles. The second kappa shape index (κ2) is 6.38. The molecule has 1 aromatic heterocycles. The highest BCUT2D eigenvalue weighted by Gasteiger charge is 2.13. The van der Waals surface area contributed by atoms with Gasteiger partial charge < -0.3 is 5.11 Å². The lowest BCUT2D eigenvalue weighted by Crippen LogP contribution is -2.23. The zero-order valence-corrected chi connectivity index (χ0v) is 10.8. The number of hydrogen-bond acceptors (Lipinski definition) is 4. The van der Waals surface area contributed by atoms with Gasteiger partial charge in [0.15, 0.2) is 0 Å². The van der Waals surface area contributed by atoms with Gasteiger partial charge >= 0.3 is 0 Å². The summed E-state index contributed by atoms with van der Waals surface area (Å²) in [6.07, 6.45) is 0. The van der Waals surface area contributed by atoms with Crippen LogP contribution in [-0.2, 0) is 13.1 Å². The Kier molecular flexibility index (Phi) is 5.13. The fourth-order valence-electron chi connectivity index (χ4n) is 1.88. The summed E-state index contributed by atoms with van der Waals surface area (Å²) in [4.78, 5) is 2.07. The number of aromatic nitrogens is 2. The quantitative estimate of drug-likeness (QED) is 0.743. The van der Waals surface area contributed by atoms with Crippen molar-refractivity contribution in [2.75, 3.05) is 19.7 Å². The fourth-order valence-corrected chi connectivity index (χ4v) is 1.88. The molecule has 0 unspecified atom stereocenters. The van der Waals surface area contributed by atoms with Crippen molar-refractivity contribution in [2.24, 2.45) is 0 Å². The molecule has 0 aliphatic rings. The lowest BCUT2D eigenvalue weighted by molar-refractivity contribution is 0.267. The molecular formula is C12H20N4O. The minimum Gasteiger partial charge on any atom is -0.394 e. The average Bonchev–Trinajstić information content (AvgIpc) is 2.56. The van der Waals surface area contributed by atoms with Crippen LogP contribution in [0.3, 0.4) is 0 Å². The van der Waals surface area contributed by atoms with E-state index >= 15 is 0 Å². The summed E-state index contributed by atoms with van der Waals surface area (Å²) in [6.45, 7) is 8.65. The maximum atomic E-state index is 8.94. The maximum Gasteiger partial charge on any atom is 0.0868 e. The van der Waals surface area contributed by atoms with Gasteiger partial charge in [0, 0.05) is 17.8 Å². The summed E-state index contributed by atoms with van der Waals surface area (Å²) in [5, 5.41) is 22.1. The van der Waals surface area contributed by atoms with Crippen LogP contribution in [0.15, 0.2) is 0 Å². The molecule has 0 saturated carbocycles. The Morgan fingerprint density at radius 2 is 2.18 bits per heavy atom. The molecule has 0 amide bonds. The minimum atomic E-state index is 0.0943. The molecule has 0 aliphatic heterocycles. The highest BCUT2D eigenvalue weighted by Crippen LogP contribution is 2.15. The first-order valence-corrected chi connectivity index (χ1v) is 5.87. The normalized spacial score (nSPS) is 10.8. The van der Waals surface area contributed by atoms with E-state index in [0.29, 0.717) is 13.1 Å². The van der Waals surface area contributed by atoms with Crippen molar-refractivity contribution in [3.63, 3.8) is 0 Å². The van der Waals surface area contributed by atoms with Gasteiger partial charge in [-0.3, -0.25) is 9.58 Å². The van der Waals surface area contributed by atoms with Gasteiger partial charge in [-0.2, -0.15) is 10.4 Å². The predicted octanol–water partition coefficient (Wildman–Crippen LogP) is 0.838. The Labute approximate surface area is 102 Å². The SMILES string of the molecule is CCN(CC#N)Cc1c(C)nn(CCO)c1C. The van der Waals surface area contributed by atoms with Gasteiger partial charge in [-0.25, -0.2) is 0 Å². The van der Waals surface area contributed by atoms with Crippen molar-refractivity contribution in [2.45, 2.75) is 33.9 Å². The molecule has 94 valence electrons. The van der Waals surface area contributed by atoms with Crippen LogP contribution in [0.2, 0.25) is 0 Å². The van der Waals surface area contributed by atoms with Crippen molar-refractivity contribution < 1.29 is 5.11 Å². The van der Waals surface area contributed by atoms with Gasteiger partial charge in [0.25, 0.3) is 0 Å². The summed E-state index contributed by atoms with van der Waals surface area (Å²) in [5.74, 6) is 0. The first kappa shape index (κ1) is 13.7. The summed E-state index contributed by atoms with van der Waals surface area (Å²) in [6, 6.07) is 2.17. The molecule has 0 saturated heterocycles. The standard InChI is InChI=1S/C12H20N4O/c1-4-15(6-5-13)9-12-10(2)14-16(7-8-17)11(12)3/h17H,4,6-9H2,1-3H3. The number of nitriles is 1. The van der Waals surface area contributed by atoms with E-state index in [1.807, 2.05) is 25.5 Å². The van der Waals surface area contributed by atoms with E-state index < -0.39 is 0 Å². The van der Waals surface area contributed by atoms with E-state index in [2.05, 4.69) is 16.1 Å². The van der Waals surface area contributed by atoms with Gasteiger partial charge in [0.1, 0.15) is 0 Å². The second-order valence-corrected chi connectivity index (χ2v) is 4.06. The average molecular weight is 236 g/mol. The molecule has 1 heterocycles. The summed E-state index contributed by atoms with van der Waals surface area (Å²) >= 11 is 0. The number of hydrogen-bond donors (Lipinski definition) is 1. The molecule has 1 aromatic rings. The monoisotopic (exact) mass is 236 g/mol. The zero-order chi connectivity index (χ0) is 12.8. The topological polar surface area (TPSA) is 65.1 Å². The van der Waals surface area contributed by atoms with Crippen LogP contribution in [0.5, 0.6) is 0 Å². The lowest BCUT2D eigenvalue weighted by Gasteiger charge is -2.16. The van der Waals surface area contributed by atoms with Crippen LogP contribution in [0.25, 0.3) is 0 Å². The third-order valence-electron chi connectivity index (χ3n) is 2.97. The molecule has 1 N–H and O–H groups in total. The summed E-state index contributed by atoms with van der Waals surface area (Å²) in [7, 11) is 0. The fraction of sp³-hybridized carbons (Fsp3) is 0.667. The van der Waals surface area contributed by atoms with Crippen molar-refractivity contribution in [1.82, 2.24) is 14.7 Å². The Bertz CT molecular complexity index is 405. The number of aryl methyl sites for hydroxylation is 1. The second-order valence-electron chi connectivity index (χ2n) is 4.06. The molecule has 0 fully saturated rings. The van der Waals surface area contributed by atoms with Gasteiger partial charge in [-0.15, -0.1) is 0 Å². The van der Waals surface area contributed by atoms with Crippen LogP contribution in [0, 0.1) is 25.2 Å². The third-order valence-corrected chi connectivity index (χ3v) is 2.97. The van der Waals surface area contributed by atoms with Gasteiger partial charge in [-0.1, -0.05) is 6.92 Å². The maximum absolute atomic E-state index is 8.94. The zero-order valence-electron chi connectivity index (χ0n) is 10.8. The molecule has 0 spiro atoms. The molecule has 17 heavy (non-hydrogen) atoms. The molecule has 0 atom stereocenters. The van der Waals surface area contributed by atoms with Crippen molar-refractivity contribution in [3.8, 4) is 6.07 Å². The van der Waals surface area contributed by atoms with Crippen LogP contribution in [0.4, 0.5) is 0 Å². The number of rotatable bonds is 6. The van der Waals surface area contributed by atoms with Crippen molar-refractivity contribution in [3.05, 3.63) is 17.0 Å².